The number of hydrogen-bond donors (Lipinski definition) is 1. The van der Waals surface area contributed by atoms with Crippen LogP contribution in [0, 0.1) is 0 Å². The monoisotopic (exact) mass is 623 g/mol. The molecular formula is C32H22ClN5O3S2. The number of rotatable bonds is 9. The summed E-state index contributed by atoms with van der Waals surface area (Å²) in [6.07, 6.45) is 1.51. The largest absolute Gasteiger partial charge is 0.422 e. The van der Waals surface area contributed by atoms with Gasteiger partial charge in [0.2, 0.25) is 0 Å². The van der Waals surface area contributed by atoms with Crippen LogP contribution in [0.5, 0.6) is 5.75 Å². The number of carbonyl (C=O) groups excluding carboxylic acids is 2. The standard InChI is InChI=1S/C32H22ClN5O3S2/c33-28-25-13-7-8-14-26(25)43-29(28)31(40)41-24-17-15-21(16-18-24)19-34-35-27(39)20-42-32-37-36-30(22-9-3-1-4-10-22)38(32)23-11-5-2-6-12-23/h1-19H,20H2,(H,35,39). The van der Waals surface area contributed by atoms with E-state index >= 15 is 0 Å². The molecule has 0 unspecified atom stereocenters. The zero-order valence-electron chi connectivity index (χ0n) is 22.4. The molecule has 11 heteroatoms. The molecule has 2 aromatic heterocycles. The summed E-state index contributed by atoms with van der Waals surface area (Å²) in [7, 11) is 0. The van der Waals surface area contributed by atoms with Gasteiger partial charge in [0.15, 0.2) is 11.0 Å². The van der Waals surface area contributed by atoms with Gasteiger partial charge in [-0.2, -0.15) is 5.10 Å². The van der Waals surface area contributed by atoms with E-state index in [4.69, 9.17) is 16.3 Å². The summed E-state index contributed by atoms with van der Waals surface area (Å²) >= 11 is 8.95. The molecule has 1 amide bonds. The van der Waals surface area contributed by atoms with Gasteiger partial charge in [0.25, 0.3) is 5.91 Å². The second kappa shape index (κ2) is 13.0. The Morgan fingerprint density at radius 1 is 0.907 bits per heavy atom. The number of ether oxygens (including phenoxy) is 1. The van der Waals surface area contributed by atoms with Gasteiger partial charge in [0.1, 0.15) is 10.6 Å². The van der Waals surface area contributed by atoms with E-state index in [1.165, 1.54) is 29.3 Å². The minimum absolute atomic E-state index is 0.0896. The number of esters is 1. The van der Waals surface area contributed by atoms with E-state index in [2.05, 4.69) is 20.7 Å². The van der Waals surface area contributed by atoms with Crippen LogP contribution < -0.4 is 10.2 Å². The van der Waals surface area contributed by atoms with Crippen molar-refractivity contribution in [2.75, 3.05) is 5.75 Å². The fraction of sp³-hybridized carbons (Fsp3) is 0.0312. The Labute approximate surface area is 260 Å². The Bertz CT molecular complexity index is 1920. The van der Waals surface area contributed by atoms with Crippen LogP contribution in [0.3, 0.4) is 0 Å². The van der Waals surface area contributed by atoms with E-state index in [9.17, 15) is 9.59 Å². The van der Waals surface area contributed by atoms with Crippen LogP contribution in [0.2, 0.25) is 5.02 Å². The highest BCUT2D eigenvalue weighted by Crippen LogP contribution is 2.35. The van der Waals surface area contributed by atoms with Gasteiger partial charge < -0.3 is 4.74 Å². The highest BCUT2D eigenvalue weighted by Gasteiger charge is 2.19. The van der Waals surface area contributed by atoms with Crippen LogP contribution in [0.1, 0.15) is 15.2 Å². The first kappa shape index (κ1) is 28.4. The second-order valence-electron chi connectivity index (χ2n) is 9.12. The summed E-state index contributed by atoms with van der Waals surface area (Å²) < 4.78 is 8.36. The van der Waals surface area contributed by atoms with Crippen LogP contribution in [0.4, 0.5) is 0 Å². The fourth-order valence-corrected chi connectivity index (χ4v) is 6.34. The molecule has 0 saturated carbocycles. The molecule has 6 rings (SSSR count). The van der Waals surface area contributed by atoms with E-state index < -0.39 is 5.97 Å². The number of nitrogens with one attached hydrogen (secondary N) is 1. The zero-order chi connectivity index (χ0) is 29.6. The molecule has 0 aliphatic rings. The predicted molar refractivity (Wildman–Crippen MR) is 171 cm³/mol. The third kappa shape index (κ3) is 6.51. The number of benzene rings is 4. The summed E-state index contributed by atoms with van der Waals surface area (Å²) in [5.74, 6) is 0.334. The summed E-state index contributed by atoms with van der Waals surface area (Å²) in [4.78, 5) is 25.6. The highest BCUT2D eigenvalue weighted by molar-refractivity contribution is 7.99. The van der Waals surface area contributed by atoms with Gasteiger partial charge in [-0.3, -0.25) is 9.36 Å². The van der Waals surface area contributed by atoms with Crippen molar-refractivity contribution in [3.63, 3.8) is 0 Å². The maximum Gasteiger partial charge on any atom is 0.355 e. The topological polar surface area (TPSA) is 98.5 Å². The molecule has 2 heterocycles. The van der Waals surface area contributed by atoms with Crippen molar-refractivity contribution in [1.82, 2.24) is 20.2 Å². The fourth-order valence-electron chi connectivity index (χ4n) is 4.21. The van der Waals surface area contributed by atoms with E-state index in [-0.39, 0.29) is 11.7 Å². The van der Waals surface area contributed by atoms with Crippen molar-refractivity contribution in [3.05, 3.63) is 125 Å². The third-order valence-electron chi connectivity index (χ3n) is 6.23. The number of fused-ring (bicyclic) bond motifs is 1. The molecule has 0 spiro atoms. The number of para-hydroxylation sites is 1. The number of halogens is 1. The highest BCUT2D eigenvalue weighted by atomic mass is 35.5. The lowest BCUT2D eigenvalue weighted by molar-refractivity contribution is -0.118. The van der Waals surface area contributed by atoms with Gasteiger partial charge in [-0.05, 0) is 48.0 Å². The van der Waals surface area contributed by atoms with Gasteiger partial charge in [-0.25, -0.2) is 10.2 Å². The van der Waals surface area contributed by atoms with Gasteiger partial charge in [0.05, 0.1) is 17.0 Å². The maximum absolute atomic E-state index is 12.7. The van der Waals surface area contributed by atoms with Crippen molar-refractivity contribution < 1.29 is 14.3 Å². The molecule has 0 fully saturated rings. The summed E-state index contributed by atoms with van der Waals surface area (Å²) in [6.45, 7) is 0. The molecule has 0 saturated heterocycles. The van der Waals surface area contributed by atoms with Crippen molar-refractivity contribution in [3.8, 4) is 22.8 Å². The van der Waals surface area contributed by atoms with Gasteiger partial charge in [-0.1, -0.05) is 90.1 Å². The number of hydrogen-bond acceptors (Lipinski definition) is 8. The first-order valence-electron chi connectivity index (χ1n) is 13.1. The molecule has 43 heavy (non-hydrogen) atoms. The molecule has 1 N–H and O–H groups in total. The maximum atomic E-state index is 12.7. The van der Waals surface area contributed by atoms with Crippen LogP contribution in [0.15, 0.2) is 119 Å². The Hall–Kier alpha value is -4.77. The number of hydrazone groups is 1. The lowest BCUT2D eigenvalue weighted by Gasteiger charge is -2.10. The molecule has 8 nitrogen and oxygen atoms in total. The second-order valence-corrected chi connectivity index (χ2v) is 11.5. The summed E-state index contributed by atoms with van der Waals surface area (Å²) in [5.41, 5.74) is 5.07. The Morgan fingerprint density at radius 2 is 1.60 bits per heavy atom. The Kier molecular flexibility index (Phi) is 8.60. The van der Waals surface area contributed by atoms with Crippen LogP contribution in [-0.2, 0) is 4.79 Å². The molecule has 0 aliphatic heterocycles. The van der Waals surface area contributed by atoms with Crippen molar-refractivity contribution >= 4 is 62.9 Å². The molecule has 0 radical (unpaired) electrons. The van der Waals surface area contributed by atoms with Crippen molar-refractivity contribution in [2.24, 2.45) is 5.10 Å². The predicted octanol–water partition coefficient (Wildman–Crippen LogP) is 7.26. The molecule has 0 aliphatic carbocycles. The van der Waals surface area contributed by atoms with Crippen molar-refractivity contribution in [2.45, 2.75) is 5.16 Å². The number of thiophene rings is 1. The average Bonchev–Trinajstić information content (AvgIpc) is 3.63. The van der Waals surface area contributed by atoms with Crippen LogP contribution in [0.25, 0.3) is 27.2 Å². The lowest BCUT2D eigenvalue weighted by Crippen LogP contribution is -2.20. The van der Waals surface area contributed by atoms with Crippen molar-refractivity contribution in [1.29, 1.82) is 0 Å². The number of amides is 1. The number of aromatic nitrogens is 3. The van der Waals surface area contributed by atoms with E-state index in [0.717, 1.165) is 21.3 Å². The minimum atomic E-state index is -0.517. The first-order chi connectivity index (χ1) is 21.1. The third-order valence-corrected chi connectivity index (χ3v) is 8.81. The molecule has 212 valence electrons. The SMILES string of the molecule is O=C(CSc1nnc(-c2ccccc2)n1-c1ccccc1)NN=Cc1ccc(OC(=O)c2sc3ccccc3c2Cl)cc1. The minimum Gasteiger partial charge on any atom is -0.422 e. The van der Waals surface area contributed by atoms with E-state index in [0.29, 0.717) is 32.2 Å². The zero-order valence-corrected chi connectivity index (χ0v) is 24.8. The lowest BCUT2D eigenvalue weighted by atomic mass is 10.2. The number of nitrogens with zero attached hydrogens (tertiary/aromatic N) is 4. The van der Waals surface area contributed by atoms with Crippen LogP contribution >= 0.6 is 34.7 Å². The summed E-state index contributed by atoms with van der Waals surface area (Å²) in [6, 6.07) is 33.8. The normalized spacial score (nSPS) is 11.2. The first-order valence-corrected chi connectivity index (χ1v) is 15.2. The molecule has 0 atom stereocenters. The van der Waals surface area contributed by atoms with E-state index in [1.807, 2.05) is 89.5 Å². The smallest absolute Gasteiger partial charge is 0.355 e. The Balaban J connectivity index is 1.05. The van der Waals surface area contributed by atoms with Gasteiger partial charge >= 0.3 is 5.97 Å². The van der Waals surface area contributed by atoms with Crippen LogP contribution in [-0.4, -0.2) is 38.6 Å². The van der Waals surface area contributed by atoms with Gasteiger partial charge in [0, 0.05) is 21.3 Å². The number of carbonyl (C=O) groups is 2. The quantitative estimate of drug-likeness (QED) is 0.0598. The van der Waals surface area contributed by atoms with Gasteiger partial charge in [-0.15, -0.1) is 21.5 Å². The molecule has 0 bridgehead atoms. The molecular weight excluding hydrogens is 602 g/mol. The Morgan fingerprint density at radius 3 is 2.35 bits per heavy atom. The number of thioether (sulfide) groups is 1. The summed E-state index contributed by atoms with van der Waals surface area (Å²) in [5, 5.41) is 14.6. The molecule has 6 aromatic rings. The van der Waals surface area contributed by atoms with E-state index in [1.54, 1.807) is 24.3 Å². The average molecular weight is 624 g/mol. The molecule has 4 aromatic carbocycles.